The number of amides is 2. The van der Waals surface area contributed by atoms with Crippen LogP contribution >= 0.6 is 0 Å². The summed E-state index contributed by atoms with van der Waals surface area (Å²) < 4.78 is 0. The van der Waals surface area contributed by atoms with E-state index in [1.807, 2.05) is 24.3 Å². The van der Waals surface area contributed by atoms with Crippen molar-refractivity contribution in [3.63, 3.8) is 0 Å². The number of rotatable bonds is 5. The van der Waals surface area contributed by atoms with Crippen molar-refractivity contribution in [2.24, 2.45) is 0 Å². The van der Waals surface area contributed by atoms with Gasteiger partial charge < -0.3 is 16.0 Å². The smallest absolute Gasteiger partial charge is 0.319 e. The number of hydrogen-bond donors (Lipinski definition) is 3. The van der Waals surface area contributed by atoms with Crippen LogP contribution in [0.3, 0.4) is 0 Å². The summed E-state index contributed by atoms with van der Waals surface area (Å²) in [6.07, 6.45) is 11.0. The van der Waals surface area contributed by atoms with Gasteiger partial charge in [0.25, 0.3) is 0 Å². The van der Waals surface area contributed by atoms with Gasteiger partial charge in [0.05, 0.1) is 11.6 Å². The monoisotopic (exact) mass is 481 g/mol. The SMILES string of the molecule is O=C(Nc1ccc2nc(N[C@@H]3CCc4ccccc43)ccc2c1)NC1CC2CCCC(C1)N2C1CC1. The summed E-state index contributed by atoms with van der Waals surface area (Å²) in [5.41, 5.74) is 4.55. The number of nitrogens with one attached hydrogen (secondary N) is 3. The molecule has 3 N–H and O–H groups in total. The van der Waals surface area contributed by atoms with E-state index in [0.29, 0.717) is 18.1 Å². The Bertz CT molecular complexity index is 1270. The second kappa shape index (κ2) is 9.07. The summed E-state index contributed by atoms with van der Waals surface area (Å²) in [5.74, 6) is 0.894. The zero-order chi connectivity index (χ0) is 24.1. The van der Waals surface area contributed by atoms with E-state index in [2.05, 4.69) is 51.2 Å². The number of aromatic nitrogens is 1. The van der Waals surface area contributed by atoms with Gasteiger partial charge in [-0.05, 0) is 92.8 Å². The Hall–Kier alpha value is -3.12. The van der Waals surface area contributed by atoms with Crippen LogP contribution in [0.5, 0.6) is 0 Å². The normalized spacial score (nSPS) is 27.4. The van der Waals surface area contributed by atoms with Crippen molar-refractivity contribution in [1.82, 2.24) is 15.2 Å². The first kappa shape index (κ1) is 22.1. The standard InChI is InChI=1S/C30H35N5O/c36-30(32-22-17-24-5-3-6-25(18-22)35(24)23-11-12-23)31-21-10-14-27-20(16-21)9-15-29(33-27)34-28-13-8-19-4-1-2-7-26(19)28/h1-2,4,7,9-10,14-16,22-25,28H,3,5-6,8,11-13,17-18H2,(H,33,34)(H2,31,32,36)/t22?,24?,25?,28-/m1/s1. The Labute approximate surface area is 212 Å². The summed E-state index contributed by atoms with van der Waals surface area (Å²) in [4.78, 5) is 20.5. The van der Waals surface area contributed by atoms with Gasteiger partial charge in [-0.15, -0.1) is 0 Å². The quantitative estimate of drug-likeness (QED) is 0.418. The van der Waals surface area contributed by atoms with E-state index in [1.165, 1.54) is 43.2 Å². The molecule has 1 saturated carbocycles. The molecule has 4 aliphatic rings. The molecule has 0 radical (unpaired) electrons. The summed E-state index contributed by atoms with van der Waals surface area (Å²) in [7, 11) is 0. The van der Waals surface area contributed by atoms with E-state index >= 15 is 0 Å². The lowest BCUT2D eigenvalue weighted by molar-refractivity contribution is 0.0198. The zero-order valence-corrected chi connectivity index (χ0v) is 20.7. The van der Waals surface area contributed by atoms with Crippen LogP contribution in [0.1, 0.15) is 68.5 Å². The molecule has 186 valence electrons. The lowest BCUT2D eigenvalue weighted by Crippen LogP contribution is -2.58. The van der Waals surface area contributed by atoms with Gasteiger partial charge in [-0.25, -0.2) is 9.78 Å². The zero-order valence-electron chi connectivity index (χ0n) is 20.7. The number of piperidine rings is 2. The largest absolute Gasteiger partial charge is 0.363 e. The number of hydrogen-bond acceptors (Lipinski definition) is 4. The van der Waals surface area contributed by atoms with Crippen LogP contribution in [0.2, 0.25) is 0 Å². The average Bonchev–Trinajstić information content (AvgIpc) is 3.64. The van der Waals surface area contributed by atoms with Crippen molar-refractivity contribution in [2.75, 3.05) is 10.6 Å². The van der Waals surface area contributed by atoms with Crippen LogP contribution in [0, 0.1) is 0 Å². The van der Waals surface area contributed by atoms with Gasteiger partial charge in [0.2, 0.25) is 0 Å². The molecule has 2 bridgehead atoms. The predicted molar refractivity (Wildman–Crippen MR) is 144 cm³/mol. The third-order valence-electron chi connectivity index (χ3n) is 8.74. The second-order valence-corrected chi connectivity index (χ2v) is 11.2. The molecule has 2 aromatic carbocycles. The van der Waals surface area contributed by atoms with E-state index < -0.39 is 0 Å². The molecule has 3 fully saturated rings. The first-order chi connectivity index (χ1) is 17.7. The maximum atomic E-state index is 12.9. The Morgan fingerprint density at radius 2 is 1.72 bits per heavy atom. The van der Waals surface area contributed by atoms with Crippen molar-refractivity contribution in [3.05, 3.63) is 65.7 Å². The first-order valence-electron chi connectivity index (χ1n) is 13.8. The number of fused-ring (bicyclic) bond motifs is 4. The summed E-state index contributed by atoms with van der Waals surface area (Å²) in [5, 5.41) is 11.0. The lowest BCUT2D eigenvalue weighted by atomic mass is 9.81. The minimum Gasteiger partial charge on any atom is -0.363 e. The molecule has 2 aliphatic heterocycles. The summed E-state index contributed by atoms with van der Waals surface area (Å²) >= 11 is 0. The summed E-state index contributed by atoms with van der Waals surface area (Å²) in [6, 6.07) is 21.4. The number of carbonyl (C=O) groups excluding carboxylic acids is 1. The Morgan fingerprint density at radius 1 is 0.889 bits per heavy atom. The van der Waals surface area contributed by atoms with E-state index in [-0.39, 0.29) is 12.1 Å². The van der Waals surface area contributed by atoms with E-state index in [4.69, 9.17) is 4.98 Å². The molecule has 0 spiro atoms. The Morgan fingerprint density at radius 3 is 2.56 bits per heavy atom. The van der Waals surface area contributed by atoms with Crippen molar-refractivity contribution in [3.8, 4) is 0 Å². The molecule has 6 heteroatoms. The molecule has 3 heterocycles. The highest BCUT2D eigenvalue weighted by Crippen LogP contribution is 2.42. The van der Waals surface area contributed by atoms with Gasteiger partial charge in [0, 0.05) is 35.2 Å². The number of urea groups is 1. The second-order valence-electron chi connectivity index (χ2n) is 11.2. The minimum absolute atomic E-state index is 0.0940. The fourth-order valence-electron chi connectivity index (χ4n) is 7.03. The molecule has 2 amide bonds. The predicted octanol–water partition coefficient (Wildman–Crippen LogP) is 6.00. The van der Waals surface area contributed by atoms with Crippen molar-refractivity contribution >= 4 is 28.4 Å². The molecule has 3 aromatic rings. The third-order valence-corrected chi connectivity index (χ3v) is 8.74. The van der Waals surface area contributed by atoms with Crippen LogP contribution in [-0.2, 0) is 6.42 Å². The number of benzene rings is 2. The maximum absolute atomic E-state index is 12.9. The molecular formula is C30H35N5O. The Balaban J connectivity index is 0.986. The highest BCUT2D eigenvalue weighted by Gasteiger charge is 2.45. The molecule has 3 atom stereocenters. The molecule has 2 unspecified atom stereocenters. The molecular weight excluding hydrogens is 446 g/mol. The van der Waals surface area contributed by atoms with Gasteiger partial charge in [-0.2, -0.15) is 0 Å². The number of pyridine rings is 1. The van der Waals surface area contributed by atoms with Gasteiger partial charge in [-0.3, -0.25) is 4.90 Å². The molecule has 1 aromatic heterocycles. The topological polar surface area (TPSA) is 69.3 Å². The van der Waals surface area contributed by atoms with Crippen LogP contribution < -0.4 is 16.0 Å². The van der Waals surface area contributed by atoms with Gasteiger partial charge in [0.15, 0.2) is 0 Å². The highest BCUT2D eigenvalue weighted by molar-refractivity contribution is 5.93. The molecule has 7 rings (SSSR count). The van der Waals surface area contributed by atoms with Crippen LogP contribution in [0.4, 0.5) is 16.3 Å². The van der Waals surface area contributed by atoms with Crippen LogP contribution in [0.25, 0.3) is 10.9 Å². The fourth-order valence-corrected chi connectivity index (χ4v) is 7.03. The summed E-state index contributed by atoms with van der Waals surface area (Å²) in [6.45, 7) is 0. The number of aryl methyl sites for hydroxylation is 1. The lowest BCUT2D eigenvalue weighted by Gasteiger charge is -2.49. The average molecular weight is 482 g/mol. The minimum atomic E-state index is -0.0940. The van der Waals surface area contributed by atoms with Crippen molar-refractivity contribution in [2.45, 2.75) is 88.0 Å². The molecule has 36 heavy (non-hydrogen) atoms. The first-order valence-corrected chi connectivity index (χ1v) is 13.8. The third kappa shape index (κ3) is 4.32. The molecule has 2 aliphatic carbocycles. The molecule has 2 saturated heterocycles. The van der Waals surface area contributed by atoms with E-state index in [1.54, 1.807) is 0 Å². The van der Waals surface area contributed by atoms with Crippen LogP contribution in [0.15, 0.2) is 54.6 Å². The van der Waals surface area contributed by atoms with Crippen LogP contribution in [-0.4, -0.2) is 40.1 Å². The van der Waals surface area contributed by atoms with Gasteiger partial charge in [0.1, 0.15) is 5.82 Å². The van der Waals surface area contributed by atoms with Crippen molar-refractivity contribution < 1.29 is 4.79 Å². The maximum Gasteiger partial charge on any atom is 0.319 e. The van der Waals surface area contributed by atoms with Gasteiger partial charge >= 0.3 is 6.03 Å². The Kier molecular flexibility index (Phi) is 5.57. The fraction of sp³-hybridized carbons (Fsp3) is 0.467. The van der Waals surface area contributed by atoms with Crippen molar-refractivity contribution in [1.29, 1.82) is 0 Å². The number of carbonyl (C=O) groups is 1. The molecule has 6 nitrogen and oxygen atoms in total. The van der Waals surface area contributed by atoms with E-state index in [9.17, 15) is 4.79 Å². The highest BCUT2D eigenvalue weighted by atomic mass is 16.2. The van der Waals surface area contributed by atoms with E-state index in [0.717, 1.165) is 54.1 Å². The van der Waals surface area contributed by atoms with Gasteiger partial charge in [-0.1, -0.05) is 30.7 Å². The number of nitrogens with zero attached hydrogens (tertiary/aromatic N) is 2. The number of anilines is 2.